The lowest BCUT2D eigenvalue weighted by Crippen LogP contribution is -2.10. The van der Waals surface area contributed by atoms with Gasteiger partial charge in [0.05, 0.1) is 6.61 Å². The zero-order chi connectivity index (χ0) is 9.19. The Labute approximate surface area is 76.0 Å². The summed E-state index contributed by atoms with van der Waals surface area (Å²) in [6.07, 6.45) is 3.41. The second-order valence-corrected chi connectivity index (χ2v) is 4.94. The normalized spacial score (nSPS) is 30.4. The van der Waals surface area contributed by atoms with Gasteiger partial charge >= 0.3 is 11.4 Å². The van der Waals surface area contributed by atoms with Crippen LogP contribution in [-0.4, -0.2) is 15.4 Å². The average molecular weight is 192 g/mol. The van der Waals surface area contributed by atoms with Crippen LogP contribution in [0.4, 0.5) is 0 Å². The zero-order valence-electron chi connectivity index (χ0n) is 7.58. The van der Waals surface area contributed by atoms with Crippen molar-refractivity contribution < 1.29 is 12.9 Å². The first-order chi connectivity index (χ1) is 5.49. The summed E-state index contributed by atoms with van der Waals surface area (Å²) in [5.41, 5.74) is 0.394. The molecule has 0 aliphatic heterocycles. The van der Waals surface area contributed by atoms with Gasteiger partial charge in [-0.05, 0) is 30.6 Å². The van der Waals surface area contributed by atoms with E-state index >= 15 is 0 Å². The quantitative estimate of drug-likeness (QED) is 0.695. The number of hydrogen-bond acceptors (Lipinski definition) is 2. The molecule has 3 nitrogen and oxygen atoms in total. The Morgan fingerprint density at radius 2 is 2.33 bits per heavy atom. The molecule has 0 bridgehead atoms. The Morgan fingerprint density at radius 3 is 2.75 bits per heavy atom. The van der Waals surface area contributed by atoms with E-state index in [4.69, 9.17) is 4.55 Å². The molecule has 12 heavy (non-hydrogen) atoms. The molecule has 0 aromatic carbocycles. The molecule has 72 valence electrons. The van der Waals surface area contributed by atoms with Crippen LogP contribution >= 0.6 is 0 Å². The van der Waals surface area contributed by atoms with Gasteiger partial charge in [-0.1, -0.05) is 13.8 Å². The van der Waals surface area contributed by atoms with Crippen molar-refractivity contribution in [1.82, 2.24) is 0 Å². The standard InChI is InChI=1S/C8H16O3S/c1-8(2)4-3-7(5-8)6-11-12(9)10/h7H,3-6H2,1-2H3,(H,9,10). The first kappa shape index (κ1) is 10.2. The highest BCUT2D eigenvalue weighted by Gasteiger charge is 2.31. The van der Waals surface area contributed by atoms with Gasteiger partial charge in [0, 0.05) is 0 Å². The molecule has 1 aliphatic carbocycles. The molecule has 0 saturated heterocycles. The van der Waals surface area contributed by atoms with Crippen molar-refractivity contribution in [3.8, 4) is 0 Å². The Hall–Kier alpha value is 0.0700. The summed E-state index contributed by atoms with van der Waals surface area (Å²) in [5, 5.41) is 0. The SMILES string of the molecule is CC1(C)CCC(COS(=O)O)C1. The van der Waals surface area contributed by atoms with Gasteiger partial charge in [0.25, 0.3) is 0 Å². The molecule has 1 saturated carbocycles. The Balaban J connectivity index is 2.24. The minimum Gasteiger partial charge on any atom is -0.284 e. The van der Waals surface area contributed by atoms with Crippen molar-refractivity contribution in [1.29, 1.82) is 0 Å². The lowest BCUT2D eigenvalue weighted by Gasteiger charge is -2.16. The maximum Gasteiger partial charge on any atom is 0.301 e. The van der Waals surface area contributed by atoms with Gasteiger partial charge in [0.1, 0.15) is 0 Å². The van der Waals surface area contributed by atoms with Gasteiger partial charge in [-0.15, -0.1) is 0 Å². The van der Waals surface area contributed by atoms with Crippen LogP contribution in [0.1, 0.15) is 33.1 Å². The molecule has 4 heteroatoms. The maximum atomic E-state index is 10.2. The van der Waals surface area contributed by atoms with E-state index in [0.717, 1.165) is 12.8 Å². The molecule has 1 rings (SSSR count). The Morgan fingerprint density at radius 1 is 1.67 bits per heavy atom. The van der Waals surface area contributed by atoms with E-state index in [2.05, 4.69) is 18.0 Å². The predicted molar refractivity (Wildman–Crippen MR) is 47.8 cm³/mol. The van der Waals surface area contributed by atoms with Gasteiger partial charge in [0.2, 0.25) is 0 Å². The van der Waals surface area contributed by atoms with E-state index < -0.39 is 11.4 Å². The molecule has 1 fully saturated rings. The second kappa shape index (κ2) is 3.85. The molecule has 0 aromatic rings. The molecule has 1 N–H and O–H groups in total. The fraction of sp³-hybridized carbons (Fsp3) is 1.00. The van der Waals surface area contributed by atoms with E-state index in [1.807, 2.05) is 0 Å². The van der Waals surface area contributed by atoms with E-state index in [1.54, 1.807) is 0 Å². The summed E-state index contributed by atoms with van der Waals surface area (Å²) in [7, 11) is 0. The van der Waals surface area contributed by atoms with E-state index in [0.29, 0.717) is 17.9 Å². The molecule has 0 heterocycles. The van der Waals surface area contributed by atoms with Crippen LogP contribution in [-0.2, 0) is 15.5 Å². The number of hydrogen-bond donors (Lipinski definition) is 1. The highest BCUT2D eigenvalue weighted by molar-refractivity contribution is 7.74. The van der Waals surface area contributed by atoms with Gasteiger partial charge < -0.3 is 0 Å². The molecule has 2 atom stereocenters. The van der Waals surface area contributed by atoms with E-state index in [-0.39, 0.29) is 0 Å². The van der Waals surface area contributed by atoms with Gasteiger partial charge in [-0.25, -0.2) is 0 Å². The van der Waals surface area contributed by atoms with Crippen molar-refractivity contribution in [3.05, 3.63) is 0 Å². The lowest BCUT2D eigenvalue weighted by molar-refractivity contribution is 0.237. The van der Waals surface area contributed by atoms with Crippen molar-refractivity contribution in [2.24, 2.45) is 11.3 Å². The van der Waals surface area contributed by atoms with E-state index in [1.165, 1.54) is 6.42 Å². The van der Waals surface area contributed by atoms with Crippen LogP contribution in [0.15, 0.2) is 0 Å². The number of rotatable bonds is 3. The summed E-state index contributed by atoms with van der Waals surface area (Å²) >= 11 is -2.09. The minimum absolute atomic E-state index is 0.394. The van der Waals surface area contributed by atoms with Crippen LogP contribution < -0.4 is 0 Å². The first-order valence-electron chi connectivity index (χ1n) is 4.24. The third-order valence-electron chi connectivity index (χ3n) is 2.48. The highest BCUT2D eigenvalue weighted by atomic mass is 32.2. The van der Waals surface area contributed by atoms with Crippen LogP contribution in [0.2, 0.25) is 0 Å². The fourth-order valence-electron chi connectivity index (χ4n) is 1.88. The summed E-state index contributed by atoms with van der Waals surface area (Å²) in [4.78, 5) is 0. The van der Waals surface area contributed by atoms with Gasteiger partial charge in [-0.3, -0.25) is 8.74 Å². The predicted octanol–water partition coefficient (Wildman–Crippen LogP) is 1.97. The first-order valence-corrected chi connectivity index (χ1v) is 5.27. The average Bonchev–Trinajstić information content (AvgIpc) is 2.26. The molecule has 0 amide bonds. The minimum atomic E-state index is -2.09. The Kier molecular flexibility index (Phi) is 3.26. The lowest BCUT2D eigenvalue weighted by atomic mass is 9.91. The van der Waals surface area contributed by atoms with E-state index in [9.17, 15) is 4.21 Å². The molecule has 2 unspecified atom stereocenters. The third kappa shape index (κ3) is 3.21. The molecular formula is C8H16O3S. The van der Waals surface area contributed by atoms with Crippen LogP contribution in [0, 0.1) is 11.3 Å². The zero-order valence-corrected chi connectivity index (χ0v) is 8.39. The van der Waals surface area contributed by atoms with Crippen molar-refractivity contribution in [2.45, 2.75) is 33.1 Å². The largest absolute Gasteiger partial charge is 0.301 e. The smallest absolute Gasteiger partial charge is 0.284 e. The van der Waals surface area contributed by atoms with Crippen molar-refractivity contribution >= 4 is 11.4 Å². The van der Waals surface area contributed by atoms with Crippen molar-refractivity contribution in [3.63, 3.8) is 0 Å². The van der Waals surface area contributed by atoms with Gasteiger partial charge in [0.15, 0.2) is 0 Å². The topological polar surface area (TPSA) is 46.5 Å². The highest BCUT2D eigenvalue weighted by Crippen LogP contribution is 2.40. The summed E-state index contributed by atoms with van der Waals surface area (Å²) in [6.45, 7) is 4.87. The van der Waals surface area contributed by atoms with Crippen LogP contribution in [0.3, 0.4) is 0 Å². The molecular weight excluding hydrogens is 176 g/mol. The second-order valence-electron chi connectivity index (χ2n) is 4.27. The van der Waals surface area contributed by atoms with Crippen LogP contribution in [0.25, 0.3) is 0 Å². The van der Waals surface area contributed by atoms with Crippen LogP contribution in [0.5, 0.6) is 0 Å². The molecule has 0 aromatic heterocycles. The van der Waals surface area contributed by atoms with Gasteiger partial charge in [-0.2, -0.15) is 4.21 Å². The summed E-state index contributed by atoms with van der Waals surface area (Å²) < 4.78 is 23.2. The fourth-order valence-corrected chi connectivity index (χ4v) is 2.19. The molecule has 0 spiro atoms. The monoisotopic (exact) mass is 192 g/mol. The summed E-state index contributed by atoms with van der Waals surface area (Å²) in [6, 6.07) is 0. The molecule has 0 radical (unpaired) electrons. The third-order valence-corrected chi connectivity index (χ3v) is 2.81. The Bertz CT molecular complexity index is 179. The van der Waals surface area contributed by atoms with Crippen molar-refractivity contribution in [2.75, 3.05) is 6.61 Å². The molecule has 1 aliphatic rings. The summed E-state index contributed by atoms with van der Waals surface area (Å²) in [5.74, 6) is 0.469. The maximum absolute atomic E-state index is 10.2.